The predicted octanol–water partition coefficient (Wildman–Crippen LogP) is -1.09. The Hall–Kier alpha value is -2.14. The van der Waals surface area contributed by atoms with Gasteiger partial charge in [0.25, 0.3) is 0 Å². The molecule has 0 bridgehead atoms. The lowest BCUT2D eigenvalue weighted by atomic mass is 9.95. The van der Waals surface area contributed by atoms with Gasteiger partial charge in [-0.15, -0.1) is 0 Å². The summed E-state index contributed by atoms with van der Waals surface area (Å²) in [6, 6.07) is 3.85. The number of anilines is 1. The standard InChI is InChI=1S/C22H29N3O5/c1-13(2)10-23-7-3-4-14-8-15(19-16(9-14)11-24-25-19)5-6-17-20(27)22(29)21(28)18(12-26)30-17/h8-9,13,17-18,20-29H,7,10-12H2,1-2H3/t17?,18?,20?,21-,22?/m1/s1. The zero-order valence-electron chi connectivity index (χ0n) is 17.1. The first-order valence-electron chi connectivity index (χ1n) is 10.1. The SMILES string of the molecule is CC(C)CNCC#Cc1cc(C#CC2OC(CO)[C@@H](O)C(O)C2O)c2c(c1)CNN2. The molecule has 8 nitrogen and oxygen atoms in total. The van der Waals surface area contributed by atoms with Crippen molar-refractivity contribution in [2.24, 2.45) is 5.92 Å². The summed E-state index contributed by atoms with van der Waals surface area (Å²) in [5.74, 6) is 12.6. The number of benzene rings is 1. The van der Waals surface area contributed by atoms with E-state index in [9.17, 15) is 20.4 Å². The van der Waals surface area contributed by atoms with E-state index < -0.39 is 37.1 Å². The number of hydrogen-bond donors (Lipinski definition) is 7. The second-order valence-electron chi connectivity index (χ2n) is 7.88. The molecule has 1 saturated heterocycles. The predicted molar refractivity (Wildman–Crippen MR) is 112 cm³/mol. The molecule has 1 fully saturated rings. The lowest BCUT2D eigenvalue weighted by Gasteiger charge is -2.37. The van der Waals surface area contributed by atoms with Gasteiger partial charge in [0.15, 0.2) is 0 Å². The highest BCUT2D eigenvalue weighted by atomic mass is 16.5. The quantitative estimate of drug-likeness (QED) is 0.244. The van der Waals surface area contributed by atoms with Crippen molar-refractivity contribution in [1.82, 2.24) is 10.7 Å². The molecule has 1 aromatic carbocycles. The molecule has 2 heterocycles. The van der Waals surface area contributed by atoms with Crippen molar-refractivity contribution >= 4 is 5.69 Å². The molecule has 7 N–H and O–H groups in total. The van der Waals surface area contributed by atoms with Crippen LogP contribution >= 0.6 is 0 Å². The molecular weight excluding hydrogens is 386 g/mol. The summed E-state index contributed by atoms with van der Waals surface area (Å²) in [5.41, 5.74) is 9.48. The van der Waals surface area contributed by atoms with Crippen molar-refractivity contribution in [1.29, 1.82) is 0 Å². The van der Waals surface area contributed by atoms with Crippen LogP contribution < -0.4 is 16.2 Å². The molecule has 30 heavy (non-hydrogen) atoms. The average Bonchev–Trinajstić information content (AvgIpc) is 3.20. The van der Waals surface area contributed by atoms with Crippen LogP contribution in [0.4, 0.5) is 5.69 Å². The fraction of sp³-hybridized carbons (Fsp3) is 0.545. The molecule has 0 radical (unpaired) electrons. The van der Waals surface area contributed by atoms with Crippen LogP contribution in [0.25, 0.3) is 0 Å². The Morgan fingerprint density at radius 1 is 1.17 bits per heavy atom. The number of aliphatic hydroxyl groups excluding tert-OH is 4. The molecule has 162 valence electrons. The number of aliphatic hydroxyl groups is 4. The van der Waals surface area contributed by atoms with E-state index in [4.69, 9.17) is 4.74 Å². The molecule has 1 aromatic rings. The van der Waals surface area contributed by atoms with Gasteiger partial charge in [-0.1, -0.05) is 37.5 Å². The third-order valence-electron chi connectivity index (χ3n) is 4.95. The van der Waals surface area contributed by atoms with Gasteiger partial charge in [0, 0.05) is 12.1 Å². The lowest BCUT2D eigenvalue weighted by Crippen LogP contribution is -2.58. The fourth-order valence-corrected chi connectivity index (χ4v) is 3.33. The summed E-state index contributed by atoms with van der Waals surface area (Å²) in [7, 11) is 0. The zero-order chi connectivity index (χ0) is 21.7. The molecule has 0 aromatic heterocycles. The van der Waals surface area contributed by atoms with Gasteiger partial charge in [-0.25, -0.2) is 5.43 Å². The fourth-order valence-electron chi connectivity index (χ4n) is 3.33. The number of fused-ring (bicyclic) bond motifs is 1. The zero-order valence-corrected chi connectivity index (χ0v) is 17.1. The maximum atomic E-state index is 10.2. The third kappa shape index (κ3) is 5.31. The molecule has 2 aliphatic rings. The molecular formula is C22H29N3O5. The van der Waals surface area contributed by atoms with E-state index in [1.807, 2.05) is 12.1 Å². The van der Waals surface area contributed by atoms with E-state index in [1.165, 1.54) is 0 Å². The van der Waals surface area contributed by atoms with Crippen molar-refractivity contribution in [3.8, 4) is 23.7 Å². The number of hydrazine groups is 1. The van der Waals surface area contributed by atoms with E-state index >= 15 is 0 Å². The van der Waals surface area contributed by atoms with E-state index in [0.717, 1.165) is 23.4 Å². The van der Waals surface area contributed by atoms with Crippen molar-refractivity contribution in [3.05, 3.63) is 28.8 Å². The van der Waals surface area contributed by atoms with Gasteiger partial charge in [-0.2, -0.15) is 0 Å². The van der Waals surface area contributed by atoms with Crippen molar-refractivity contribution in [3.63, 3.8) is 0 Å². The summed E-state index contributed by atoms with van der Waals surface area (Å²) in [4.78, 5) is 0. The van der Waals surface area contributed by atoms with E-state index in [2.05, 4.69) is 53.7 Å². The Morgan fingerprint density at radius 2 is 1.97 bits per heavy atom. The summed E-state index contributed by atoms with van der Waals surface area (Å²) in [6.45, 7) is 5.92. The second kappa shape index (κ2) is 10.3. The van der Waals surface area contributed by atoms with Crippen molar-refractivity contribution in [2.45, 2.75) is 50.9 Å². The highest BCUT2D eigenvalue weighted by molar-refractivity contribution is 5.68. The molecule has 3 rings (SSSR count). The third-order valence-corrected chi connectivity index (χ3v) is 4.95. The normalized spacial score (nSPS) is 27.5. The highest BCUT2D eigenvalue weighted by Crippen LogP contribution is 2.26. The van der Waals surface area contributed by atoms with Crippen LogP contribution in [0.5, 0.6) is 0 Å². The Labute approximate surface area is 176 Å². The molecule has 0 amide bonds. The minimum atomic E-state index is -1.45. The van der Waals surface area contributed by atoms with Crippen LogP contribution in [0.3, 0.4) is 0 Å². The van der Waals surface area contributed by atoms with Crippen LogP contribution in [-0.4, -0.2) is 70.6 Å². The van der Waals surface area contributed by atoms with E-state index in [0.29, 0.717) is 24.6 Å². The summed E-state index contributed by atoms with van der Waals surface area (Å²) >= 11 is 0. The number of nitrogens with one attached hydrogen (secondary N) is 3. The molecule has 0 spiro atoms. The number of rotatable bonds is 4. The maximum Gasteiger partial charge on any atom is 0.147 e. The minimum Gasteiger partial charge on any atom is -0.394 e. The smallest absolute Gasteiger partial charge is 0.147 e. The first-order chi connectivity index (χ1) is 14.4. The van der Waals surface area contributed by atoms with Crippen LogP contribution in [0.1, 0.15) is 30.5 Å². The first-order valence-corrected chi connectivity index (χ1v) is 10.1. The Bertz CT molecular complexity index is 865. The molecule has 5 atom stereocenters. The Balaban J connectivity index is 1.80. The van der Waals surface area contributed by atoms with Gasteiger partial charge in [-0.3, -0.25) is 0 Å². The van der Waals surface area contributed by atoms with E-state index in [-0.39, 0.29) is 0 Å². The molecule has 0 aliphatic carbocycles. The summed E-state index contributed by atoms with van der Waals surface area (Å²) in [6.07, 6.45) is -6.26. The maximum absolute atomic E-state index is 10.2. The van der Waals surface area contributed by atoms with Gasteiger partial charge in [0.2, 0.25) is 0 Å². The van der Waals surface area contributed by atoms with Gasteiger partial charge >= 0.3 is 0 Å². The van der Waals surface area contributed by atoms with Crippen LogP contribution in [0, 0.1) is 29.6 Å². The monoisotopic (exact) mass is 415 g/mol. The van der Waals surface area contributed by atoms with Crippen LogP contribution in [0.2, 0.25) is 0 Å². The lowest BCUT2D eigenvalue weighted by molar-refractivity contribution is -0.214. The van der Waals surface area contributed by atoms with Crippen LogP contribution in [0.15, 0.2) is 12.1 Å². The van der Waals surface area contributed by atoms with Gasteiger partial charge in [-0.05, 0) is 30.2 Å². The molecule has 4 unspecified atom stereocenters. The summed E-state index contributed by atoms with van der Waals surface area (Å²) in [5, 5.41) is 42.6. The Kier molecular flexibility index (Phi) is 7.70. The van der Waals surface area contributed by atoms with Crippen molar-refractivity contribution < 1.29 is 25.2 Å². The number of ether oxygens (including phenoxy) is 1. The van der Waals surface area contributed by atoms with Crippen molar-refractivity contribution in [2.75, 3.05) is 25.1 Å². The number of hydrogen-bond acceptors (Lipinski definition) is 8. The summed E-state index contributed by atoms with van der Waals surface area (Å²) < 4.78 is 5.46. The largest absolute Gasteiger partial charge is 0.394 e. The minimum absolute atomic E-state index is 0.486. The van der Waals surface area contributed by atoms with Gasteiger partial charge in [0.1, 0.15) is 30.5 Å². The topological polar surface area (TPSA) is 126 Å². The molecule has 0 saturated carbocycles. The highest BCUT2D eigenvalue weighted by Gasteiger charge is 2.42. The average molecular weight is 415 g/mol. The van der Waals surface area contributed by atoms with Gasteiger partial charge < -0.3 is 35.9 Å². The van der Waals surface area contributed by atoms with Gasteiger partial charge in [0.05, 0.1) is 24.4 Å². The second-order valence-corrected chi connectivity index (χ2v) is 7.88. The van der Waals surface area contributed by atoms with E-state index in [1.54, 1.807) is 0 Å². The van der Waals surface area contributed by atoms with Crippen LogP contribution in [-0.2, 0) is 11.3 Å². The Morgan fingerprint density at radius 3 is 2.70 bits per heavy atom. The molecule has 2 aliphatic heterocycles. The first kappa shape index (κ1) is 22.5. The molecule has 8 heteroatoms.